The first kappa shape index (κ1) is 20.5. The quantitative estimate of drug-likeness (QED) is 0.463. The number of aromatic nitrogens is 1. The molecule has 1 saturated heterocycles. The van der Waals surface area contributed by atoms with Crippen LogP contribution in [0, 0.1) is 0 Å². The monoisotopic (exact) mass is 427 g/mol. The molecule has 1 aliphatic rings. The van der Waals surface area contributed by atoms with Crippen LogP contribution in [0.1, 0.15) is 5.56 Å². The summed E-state index contributed by atoms with van der Waals surface area (Å²) in [4.78, 5) is 4.78. The number of para-hydroxylation sites is 1. The summed E-state index contributed by atoms with van der Waals surface area (Å²) in [6.07, 6.45) is 2.91. The molecule has 0 unspecified atom stereocenters. The van der Waals surface area contributed by atoms with Crippen LogP contribution in [0.15, 0.2) is 79.0 Å². The summed E-state index contributed by atoms with van der Waals surface area (Å²) < 4.78 is 7.82. The van der Waals surface area contributed by atoms with Gasteiger partial charge in [-0.25, -0.2) is 0 Å². The molecule has 5 heteroatoms. The van der Waals surface area contributed by atoms with Gasteiger partial charge in [-0.3, -0.25) is 0 Å². The molecule has 164 valence electrons. The molecule has 0 amide bonds. The van der Waals surface area contributed by atoms with Gasteiger partial charge in [-0.1, -0.05) is 30.3 Å². The Kier molecular flexibility index (Phi) is 5.73. The normalized spacial score (nSPS) is 14.7. The topological polar surface area (TPSA) is 40.9 Å². The summed E-state index contributed by atoms with van der Waals surface area (Å²) in [6.45, 7) is 4.97. The van der Waals surface area contributed by atoms with Gasteiger partial charge in [0.2, 0.25) is 0 Å². The van der Waals surface area contributed by atoms with Crippen LogP contribution < -0.4 is 9.64 Å². The van der Waals surface area contributed by atoms with Crippen LogP contribution in [-0.2, 0) is 13.0 Å². The second-order valence-corrected chi connectivity index (χ2v) is 8.52. The first-order chi connectivity index (χ1) is 15.7. The van der Waals surface area contributed by atoms with E-state index < -0.39 is 0 Å². The predicted molar refractivity (Wildman–Crippen MR) is 130 cm³/mol. The van der Waals surface area contributed by atoms with Crippen LogP contribution in [0.2, 0.25) is 0 Å². The molecule has 1 aliphatic heterocycles. The Balaban J connectivity index is 1.25. The summed E-state index contributed by atoms with van der Waals surface area (Å²) >= 11 is 0. The van der Waals surface area contributed by atoms with Crippen LogP contribution in [-0.4, -0.2) is 47.8 Å². The summed E-state index contributed by atoms with van der Waals surface area (Å²) in [5.74, 6) is 2.00. The van der Waals surface area contributed by atoms with Crippen molar-refractivity contribution in [3.8, 4) is 17.4 Å². The maximum atomic E-state index is 10.7. The predicted octanol–water partition coefficient (Wildman–Crippen LogP) is 5.13. The Morgan fingerprint density at radius 2 is 1.56 bits per heavy atom. The third-order valence-corrected chi connectivity index (χ3v) is 6.26. The highest BCUT2D eigenvalue weighted by atomic mass is 16.5. The van der Waals surface area contributed by atoms with Crippen molar-refractivity contribution in [2.24, 2.45) is 0 Å². The van der Waals surface area contributed by atoms with E-state index >= 15 is 0 Å². The van der Waals surface area contributed by atoms with E-state index in [4.69, 9.17) is 4.74 Å². The lowest BCUT2D eigenvalue weighted by molar-refractivity contribution is 0.313. The molecule has 0 spiro atoms. The van der Waals surface area contributed by atoms with Gasteiger partial charge in [0.15, 0.2) is 5.88 Å². The zero-order valence-corrected chi connectivity index (χ0v) is 18.4. The minimum atomic E-state index is 0.342. The molecule has 5 rings (SSSR count). The van der Waals surface area contributed by atoms with Crippen molar-refractivity contribution in [1.82, 2.24) is 9.47 Å². The summed E-state index contributed by atoms with van der Waals surface area (Å²) in [5, 5.41) is 12.7. The van der Waals surface area contributed by atoms with Gasteiger partial charge in [-0.15, -0.1) is 0 Å². The number of ether oxygens (including phenoxy) is 1. The van der Waals surface area contributed by atoms with Crippen molar-refractivity contribution < 1.29 is 9.84 Å². The Morgan fingerprint density at radius 1 is 0.844 bits per heavy atom. The molecule has 3 aromatic carbocycles. The van der Waals surface area contributed by atoms with Gasteiger partial charge in [0.05, 0.1) is 0 Å². The Bertz CT molecular complexity index is 1180. The second-order valence-electron chi connectivity index (χ2n) is 8.52. The lowest BCUT2D eigenvalue weighted by atomic mass is 10.1. The first-order valence-corrected chi connectivity index (χ1v) is 11.2. The number of fused-ring (bicyclic) bond motifs is 1. The number of aromatic hydroxyl groups is 1. The fourth-order valence-corrected chi connectivity index (χ4v) is 4.27. The average Bonchev–Trinajstić information content (AvgIpc) is 3.14. The van der Waals surface area contributed by atoms with Gasteiger partial charge >= 0.3 is 0 Å². The van der Waals surface area contributed by atoms with Gasteiger partial charge in [0.25, 0.3) is 0 Å². The molecule has 2 heterocycles. The Labute approximate surface area is 189 Å². The van der Waals surface area contributed by atoms with E-state index in [9.17, 15) is 5.11 Å². The first-order valence-electron chi connectivity index (χ1n) is 11.2. The van der Waals surface area contributed by atoms with Gasteiger partial charge < -0.3 is 24.2 Å². The number of likely N-dealkylation sites (N-methyl/N-ethyl adjacent to an activating group) is 1. The van der Waals surface area contributed by atoms with Crippen molar-refractivity contribution >= 4 is 16.5 Å². The summed E-state index contributed by atoms with van der Waals surface area (Å²) in [6, 6.07) is 24.3. The number of benzene rings is 3. The molecule has 0 aliphatic carbocycles. The van der Waals surface area contributed by atoms with E-state index in [1.807, 2.05) is 53.1 Å². The van der Waals surface area contributed by atoms with Crippen molar-refractivity contribution in [2.75, 3.05) is 38.1 Å². The molecule has 0 bridgehead atoms. The number of piperazine rings is 1. The summed E-state index contributed by atoms with van der Waals surface area (Å²) in [7, 11) is 2.17. The maximum absolute atomic E-state index is 10.7. The van der Waals surface area contributed by atoms with E-state index in [1.165, 1.54) is 11.3 Å². The number of hydrogen-bond donors (Lipinski definition) is 1. The highest BCUT2D eigenvalue weighted by Gasteiger charge is 2.16. The van der Waals surface area contributed by atoms with Crippen LogP contribution >= 0.6 is 0 Å². The highest BCUT2D eigenvalue weighted by Crippen LogP contribution is 2.31. The zero-order valence-electron chi connectivity index (χ0n) is 18.4. The van der Waals surface area contributed by atoms with E-state index in [0.717, 1.165) is 61.4 Å². The molecule has 1 N–H and O–H groups in total. The molecule has 0 radical (unpaired) electrons. The van der Waals surface area contributed by atoms with E-state index in [2.05, 4.69) is 47.3 Å². The summed E-state index contributed by atoms with van der Waals surface area (Å²) in [5.41, 5.74) is 2.44. The number of hydrogen-bond acceptors (Lipinski definition) is 4. The van der Waals surface area contributed by atoms with Gasteiger partial charge in [-0.2, -0.15) is 0 Å². The standard InChI is InChI=1S/C27H29N3O2/c1-28-15-17-29(18-16-28)23-9-12-26-22(19-23)20-30(27(26)31)14-13-21-7-10-25(11-8-21)32-24-5-3-2-4-6-24/h2-12,19-20,31H,13-18H2,1H3. The number of anilines is 1. The number of nitrogens with zero attached hydrogens (tertiary/aromatic N) is 3. The average molecular weight is 428 g/mol. The maximum Gasteiger partial charge on any atom is 0.199 e. The Hall–Kier alpha value is -3.44. The van der Waals surface area contributed by atoms with Gasteiger partial charge in [0, 0.05) is 55.4 Å². The third kappa shape index (κ3) is 4.43. The van der Waals surface area contributed by atoms with E-state index in [1.54, 1.807) is 0 Å². The largest absolute Gasteiger partial charge is 0.494 e. The minimum absolute atomic E-state index is 0.342. The third-order valence-electron chi connectivity index (χ3n) is 6.26. The van der Waals surface area contributed by atoms with Crippen molar-refractivity contribution in [2.45, 2.75) is 13.0 Å². The van der Waals surface area contributed by atoms with Crippen molar-refractivity contribution in [3.63, 3.8) is 0 Å². The van der Waals surface area contributed by atoms with Crippen LogP contribution in [0.5, 0.6) is 17.4 Å². The van der Waals surface area contributed by atoms with Crippen molar-refractivity contribution in [3.05, 3.63) is 84.6 Å². The molecule has 5 nitrogen and oxygen atoms in total. The lowest BCUT2D eigenvalue weighted by Crippen LogP contribution is -2.44. The molecule has 0 saturated carbocycles. The van der Waals surface area contributed by atoms with Crippen molar-refractivity contribution in [1.29, 1.82) is 0 Å². The molecule has 1 fully saturated rings. The lowest BCUT2D eigenvalue weighted by Gasteiger charge is -2.34. The van der Waals surface area contributed by atoms with Crippen LogP contribution in [0.25, 0.3) is 10.8 Å². The molecule has 0 atom stereocenters. The molecule has 4 aromatic rings. The SMILES string of the molecule is CN1CCN(c2ccc3c(O)n(CCc4ccc(Oc5ccccc5)cc4)cc3c2)CC1. The molecule has 32 heavy (non-hydrogen) atoms. The van der Waals surface area contributed by atoms with E-state index in [-0.39, 0.29) is 0 Å². The highest BCUT2D eigenvalue weighted by molar-refractivity contribution is 5.90. The second kappa shape index (κ2) is 8.97. The van der Waals surface area contributed by atoms with E-state index in [0.29, 0.717) is 5.88 Å². The number of aryl methyl sites for hydroxylation is 2. The fourth-order valence-electron chi connectivity index (χ4n) is 4.27. The molecular weight excluding hydrogens is 398 g/mol. The smallest absolute Gasteiger partial charge is 0.199 e. The molecular formula is C27H29N3O2. The minimum Gasteiger partial charge on any atom is -0.494 e. The van der Waals surface area contributed by atoms with Gasteiger partial charge in [-0.05, 0) is 61.5 Å². The van der Waals surface area contributed by atoms with Crippen LogP contribution in [0.4, 0.5) is 5.69 Å². The zero-order chi connectivity index (χ0) is 21.9. The number of rotatable bonds is 6. The van der Waals surface area contributed by atoms with Crippen LogP contribution in [0.3, 0.4) is 0 Å². The molecule has 1 aromatic heterocycles. The fraction of sp³-hybridized carbons (Fsp3) is 0.259. The van der Waals surface area contributed by atoms with Gasteiger partial charge in [0.1, 0.15) is 11.5 Å². The Morgan fingerprint density at radius 3 is 2.31 bits per heavy atom.